The number of aliphatic hydroxyl groups is 1. The molecule has 0 spiro atoms. The summed E-state index contributed by atoms with van der Waals surface area (Å²) in [5.41, 5.74) is 1.53. The molecule has 0 unspecified atom stereocenters. The number of nitrogens with one attached hydrogen (secondary N) is 1. The Morgan fingerprint density at radius 2 is 2.33 bits per heavy atom. The predicted octanol–water partition coefficient (Wildman–Crippen LogP) is 1.26. The van der Waals surface area contributed by atoms with Crippen LogP contribution < -0.4 is 0 Å². The lowest BCUT2D eigenvalue weighted by Gasteiger charge is -2.21. The zero-order valence-corrected chi connectivity index (χ0v) is 9.37. The van der Waals surface area contributed by atoms with Crippen LogP contribution in [0.1, 0.15) is 18.5 Å². The number of hydrogen-bond donors (Lipinski definition) is 2. The van der Waals surface area contributed by atoms with Crippen molar-refractivity contribution in [3.8, 4) is 0 Å². The first kappa shape index (κ1) is 10.7. The Hall–Kier alpha value is -0.800. The zero-order chi connectivity index (χ0) is 10.7. The highest BCUT2D eigenvalue weighted by Gasteiger charge is 2.42. The molecule has 3 nitrogen and oxygen atoms in total. The third-order valence-corrected chi connectivity index (χ3v) is 3.32. The second-order valence-corrected chi connectivity index (χ2v) is 4.84. The first-order chi connectivity index (χ1) is 7.24. The van der Waals surface area contributed by atoms with E-state index in [9.17, 15) is 5.11 Å². The third kappa shape index (κ3) is 2.83. The van der Waals surface area contributed by atoms with Crippen molar-refractivity contribution in [1.82, 2.24) is 9.88 Å². The van der Waals surface area contributed by atoms with Gasteiger partial charge in [-0.3, -0.25) is 0 Å². The lowest BCUT2D eigenvalue weighted by molar-refractivity contribution is 0.164. The van der Waals surface area contributed by atoms with E-state index in [0.717, 1.165) is 19.5 Å². The Kier molecular flexibility index (Phi) is 3.12. The van der Waals surface area contributed by atoms with Crippen molar-refractivity contribution in [2.75, 3.05) is 26.7 Å². The van der Waals surface area contributed by atoms with Gasteiger partial charge >= 0.3 is 0 Å². The van der Waals surface area contributed by atoms with Crippen LogP contribution in [0, 0.1) is 5.41 Å². The van der Waals surface area contributed by atoms with E-state index in [2.05, 4.69) is 23.0 Å². The minimum atomic E-state index is 0.241. The van der Waals surface area contributed by atoms with Crippen LogP contribution in [-0.2, 0) is 6.42 Å². The van der Waals surface area contributed by atoms with Crippen LogP contribution in [0.15, 0.2) is 18.3 Å². The lowest BCUT2D eigenvalue weighted by Crippen LogP contribution is -2.30. The second kappa shape index (κ2) is 4.37. The predicted molar refractivity (Wildman–Crippen MR) is 60.7 cm³/mol. The fraction of sp³-hybridized carbons (Fsp3) is 0.667. The minimum absolute atomic E-state index is 0.241. The van der Waals surface area contributed by atoms with Gasteiger partial charge in [-0.2, -0.15) is 0 Å². The zero-order valence-electron chi connectivity index (χ0n) is 9.37. The normalized spacial score (nSPS) is 18.3. The molecule has 1 heterocycles. The summed E-state index contributed by atoms with van der Waals surface area (Å²) in [6, 6.07) is 4.15. The van der Waals surface area contributed by atoms with E-state index in [1.54, 1.807) is 0 Å². The van der Waals surface area contributed by atoms with Gasteiger partial charge in [-0.05, 0) is 32.0 Å². The molecular formula is C12H20N2O. The highest BCUT2D eigenvalue weighted by atomic mass is 16.3. The Morgan fingerprint density at radius 1 is 1.53 bits per heavy atom. The fourth-order valence-corrected chi connectivity index (χ4v) is 2.03. The molecular weight excluding hydrogens is 188 g/mol. The van der Waals surface area contributed by atoms with Gasteiger partial charge in [0.2, 0.25) is 0 Å². The summed E-state index contributed by atoms with van der Waals surface area (Å²) < 4.78 is 0. The number of aromatic amines is 1. The van der Waals surface area contributed by atoms with Gasteiger partial charge in [-0.25, -0.2) is 0 Å². The molecule has 1 fully saturated rings. The summed E-state index contributed by atoms with van der Waals surface area (Å²) in [7, 11) is 2.14. The van der Waals surface area contributed by atoms with Gasteiger partial charge in [0.15, 0.2) is 0 Å². The van der Waals surface area contributed by atoms with Gasteiger partial charge in [0.05, 0.1) is 0 Å². The molecule has 1 saturated carbocycles. The summed E-state index contributed by atoms with van der Waals surface area (Å²) in [6.45, 7) is 2.44. The van der Waals surface area contributed by atoms with Crippen LogP contribution in [0.25, 0.3) is 0 Å². The average Bonchev–Trinajstić information content (AvgIpc) is 2.80. The van der Waals surface area contributed by atoms with Crippen LogP contribution in [0.4, 0.5) is 0 Å². The van der Waals surface area contributed by atoms with Crippen molar-refractivity contribution in [2.24, 2.45) is 5.41 Å². The molecule has 1 aliphatic carbocycles. The fourth-order valence-electron chi connectivity index (χ4n) is 2.03. The molecule has 2 N–H and O–H groups in total. The van der Waals surface area contributed by atoms with Crippen molar-refractivity contribution in [2.45, 2.75) is 19.3 Å². The molecule has 0 saturated heterocycles. The van der Waals surface area contributed by atoms with Gasteiger partial charge in [-0.15, -0.1) is 0 Å². The molecule has 1 aliphatic rings. The first-order valence-electron chi connectivity index (χ1n) is 5.66. The topological polar surface area (TPSA) is 39.3 Å². The van der Waals surface area contributed by atoms with Gasteiger partial charge in [0.1, 0.15) is 0 Å². The largest absolute Gasteiger partial charge is 0.396 e. The summed E-state index contributed by atoms with van der Waals surface area (Å²) in [6.07, 6.45) is 5.41. The van der Waals surface area contributed by atoms with E-state index in [-0.39, 0.29) is 5.41 Å². The summed E-state index contributed by atoms with van der Waals surface area (Å²) in [4.78, 5) is 5.53. The van der Waals surface area contributed by atoms with Crippen LogP contribution in [0.5, 0.6) is 0 Å². The number of hydrogen-bond acceptors (Lipinski definition) is 2. The van der Waals surface area contributed by atoms with Gasteiger partial charge < -0.3 is 15.0 Å². The molecule has 1 aromatic rings. The monoisotopic (exact) mass is 208 g/mol. The quantitative estimate of drug-likeness (QED) is 0.739. The molecule has 15 heavy (non-hydrogen) atoms. The van der Waals surface area contributed by atoms with Crippen LogP contribution in [0.2, 0.25) is 0 Å². The molecule has 0 atom stereocenters. The highest BCUT2D eigenvalue weighted by Crippen LogP contribution is 2.45. The minimum Gasteiger partial charge on any atom is -0.396 e. The van der Waals surface area contributed by atoms with Gasteiger partial charge in [0.25, 0.3) is 0 Å². The molecule has 0 bridgehead atoms. The van der Waals surface area contributed by atoms with Crippen molar-refractivity contribution in [3.05, 3.63) is 24.0 Å². The SMILES string of the molecule is CN(CCc1ccc[nH]1)CC1(CO)CC1. The molecule has 2 rings (SSSR count). The number of H-pyrrole nitrogens is 1. The molecule has 0 radical (unpaired) electrons. The van der Waals surface area contributed by atoms with Crippen molar-refractivity contribution in [3.63, 3.8) is 0 Å². The van der Waals surface area contributed by atoms with Crippen molar-refractivity contribution >= 4 is 0 Å². The third-order valence-electron chi connectivity index (χ3n) is 3.32. The Bertz CT molecular complexity index is 291. The molecule has 0 aliphatic heterocycles. The van der Waals surface area contributed by atoms with Crippen molar-refractivity contribution in [1.29, 1.82) is 0 Å². The van der Waals surface area contributed by atoms with Crippen LogP contribution in [0.3, 0.4) is 0 Å². The summed E-state index contributed by atoms with van der Waals surface area (Å²) in [5, 5.41) is 9.22. The molecule has 0 aromatic carbocycles. The van der Waals surface area contributed by atoms with Gasteiger partial charge in [-0.1, -0.05) is 0 Å². The van der Waals surface area contributed by atoms with Gasteiger partial charge in [0, 0.05) is 43.4 Å². The maximum Gasteiger partial charge on any atom is 0.0499 e. The number of aliphatic hydroxyl groups excluding tert-OH is 1. The smallest absolute Gasteiger partial charge is 0.0499 e. The Balaban J connectivity index is 1.71. The number of likely N-dealkylation sites (N-methyl/N-ethyl adjacent to an activating group) is 1. The van der Waals surface area contributed by atoms with Crippen LogP contribution >= 0.6 is 0 Å². The van der Waals surface area contributed by atoms with E-state index >= 15 is 0 Å². The van der Waals surface area contributed by atoms with E-state index in [4.69, 9.17) is 0 Å². The Labute approximate surface area is 91.1 Å². The maximum absolute atomic E-state index is 9.22. The molecule has 84 valence electrons. The highest BCUT2D eigenvalue weighted by molar-refractivity contribution is 5.04. The molecule has 3 heteroatoms. The number of rotatable bonds is 6. The average molecular weight is 208 g/mol. The summed E-state index contributed by atoms with van der Waals surface area (Å²) in [5.74, 6) is 0. The number of nitrogens with zero attached hydrogens (tertiary/aromatic N) is 1. The standard InChI is InChI=1S/C12H20N2O/c1-14(9-12(10-15)5-6-12)8-4-11-3-2-7-13-11/h2-3,7,13,15H,4-6,8-10H2,1H3. The number of aromatic nitrogens is 1. The summed E-state index contributed by atoms with van der Waals surface area (Å²) >= 11 is 0. The molecule has 0 amide bonds. The Morgan fingerprint density at radius 3 is 2.87 bits per heavy atom. The first-order valence-corrected chi connectivity index (χ1v) is 5.66. The van der Waals surface area contributed by atoms with E-state index in [1.807, 2.05) is 12.3 Å². The molecule has 1 aromatic heterocycles. The van der Waals surface area contributed by atoms with E-state index in [1.165, 1.54) is 18.5 Å². The van der Waals surface area contributed by atoms with Crippen LogP contribution in [-0.4, -0.2) is 41.7 Å². The lowest BCUT2D eigenvalue weighted by atomic mass is 10.1. The second-order valence-electron chi connectivity index (χ2n) is 4.84. The maximum atomic E-state index is 9.22. The van der Waals surface area contributed by atoms with E-state index in [0.29, 0.717) is 6.61 Å². The van der Waals surface area contributed by atoms with E-state index < -0.39 is 0 Å². The van der Waals surface area contributed by atoms with Crippen molar-refractivity contribution < 1.29 is 5.11 Å².